The molecule has 0 bridgehead atoms. The summed E-state index contributed by atoms with van der Waals surface area (Å²) in [5, 5.41) is 22.3. The molecule has 1 aromatic carbocycles. The van der Waals surface area contributed by atoms with Crippen LogP contribution in [0.1, 0.15) is 23.2 Å². The third kappa shape index (κ3) is 3.83. The molecule has 0 saturated carbocycles. The van der Waals surface area contributed by atoms with Gasteiger partial charge in [-0.2, -0.15) is 13.2 Å². The van der Waals surface area contributed by atoms with Gasteiger partial charge in [0, 0.05) is 19.2 Å². The first kappa shape index (κ1) is 19.4. The maximum atomic E-state index is 13.0. The highest BCUT2D eigenvalue weighted by atomic mass is 19.4. The van der Waals surface area contributed by atoms with E-state index in [4.69, 9.17) is 0 Å². The Hall–Kier alpha value is -2.92. The van der Waals surface area contributed by atoms with Crippen molar-refractivity contribution in [2.75, 3.05) is 25.1 Å². The van der Waals surface area contributed by atoms with Gasteiger partial charge in [-0.1, -0.05) is 0 Å². The van der Waals surface area contributed by atoms with Gasteiger partial charge in [0.25, 0.3) is 11.4 Å². The largest absolute Gasteiger partial charge is 0.465 e. The maximum absolute atomic E-state index is 13.0. The predicted octanol–water partition coefficient (Wildman–Crippen LogP) is 3.07. The van der Waals surface area contributed by atoms with Crippen molar-refractivity contribution in [3.05, 3.63) is 37.9 Å². The second kappa shape index (κ2) is 7.14. The topological polar surface area (TPSA) is 116 Å². The number of non-ortho nitro benzene ring substituents is 1. The van der Waals surface area contributed by atoms with Crippen LogP contribution in [0.2, 0.25) is 0 Å². The molecule has 0 spiro atoms. The summed E-state index contributed by atoms with van der Waals surface area (Å²) in [4.78, 5) is 33.5. The normalized spacial score (nSPS) is 17.7. The Morgan fingerprint density at radius 3 is 2.42 bits per heavy atom. The van der Waals surface area contributed by atoms with E-state index in [2.05, 4.69) is 4.74 Å². The Morgan fingerprint density at radius 1 is 1.27 bits per heavy atom. The fourth-order valence-corrected chi connectivity index (χ4v) is 2.89. The summed E-state index contributed by atoms with van der Waals surface area (Å²) in [5.74, 6) is -2.84. The molecule has 1 unspecified atom stereocenters. The van der Waals surface area contributed by atoms with Crippen LogP contribution < -0.4 is 4.90 Å². The maximum Gasteiger partial charge on any atom is 0.393 e. The first-order chi connectivity index (χ1) is 12.1. The standard InChI is InChI=1S/C14H14F3N3O6/c1-26-13(21)10-5-9(19(22)23)6-11(20(24)25)12(10)18-4-2-3-8(7-18)14(15,16)17/h5-6,8H,2-4,7H2,1H3. The van der Waals surface area contributed by atoms with E-state index < -0.39 is 57.1 Å². The Bertz CT molecular complexity index is 752. The van der Waals surface area contributed by atoms with Crippen LogP contribution in [0.4, 0.5) is 30.2 Å². The molecule has 1 heterocycles. The van der Waals surface area contributed by atoms with Gasteiger partial charge in [-0.3, -0.25) is 20.2 Å². The number of nitro benzene ring substituents is 2. The van der Waals surface area contributed by atoms with Gasteiger partial charge >= 0.3 is 12.1 Å². The fourth-order valence-electron chi connectivity index (χ4n) is 2.89. The van der Waals surface area contributed by atoms with E-state index in [1.807, 2.05) is 0 Å². The van der Waals surface area contributed by atoms with Crippen molar-refractivity contribution in [2.45, 2.75) is 19.0 Å². The summed E-state index contributed by atoms with van der Waals surface area (Å²) in [5.41, 5.74) is -2.47. The van der Waals surface area contributed by atoms with Crippen molar-refractivity contribution in [3.63, 3.8) is 0 Å². The van der Waals surface area contributed by atoms with Crippen LogP contribution in [-0.2, 0) is 4.74 Å². The number of alkyl halides is 3. The van der Waals surface area contributed by atoms with E-state index >= 15 is 0 Å². The van der Waals surface area contributed by atoms with E-state index in [1.54, 1.807) is 0 Å². The quantitative estimate of drug-likeness (QED) is 0.450. The van der Waals surface area contributed by atoms with E-state index in [1.165, 1.54) is 0 Å². The minimum absolute atomic E-state index is 0.0369. The van der Waals surface area contributed by atoms with Crippen LogP contribution >= 0.6 is 0 Å². The third-order valence-electron chi connectivity index (χ3n) is 4.09. The SMILES string of the molecule is COC(=O)c1cc([N+](=O)[O-])cc([N+](=O)[O-])c1N1CCCC(C(F)(F)F)C1. The molecule has 142 valence electrons. The predicted molar refractivity (Wildman–Crippen MR) is 82.1 cm³/mol. The number of hydrogen-bond acceptors (Lipinski definition) is 7. The van der Waals surface area contributed by atoms with E-state index in [0.29, 0.717) is 6.07 Å². The number of methoxy groups -OCH3 is 1. The zero-order valence-electron chi connectivity index (χ0n) is 13.5. The molecule has 1 atom stereocenters. The van der Waals surface area contributed by atoms with Gasteiger partial charge < -0.3 is 9.64 Å². The average molecular weight is 377 g/mol. The second-order valence-electron chi connectivity index (χ2n) is 5.69. The molecule has 0 N–H and O–H groups in total. The van der Waals surface area contributed by atoms with Crippen LogP contribution in [0.3, 0.4) is 0 Å². The number of carbonyl (C=O) groups excluding carboxylic acids is 1. The number of rotatable bonds is 4. The zero-order chi connectivity index (χ0) is 19.6. The highest BCUT2D eigenvalue weighted by Crippen LogP contribution is 2.41. The van der Waals surface area contributed by atoms with Crippen molar-refractivity contribution >= 4 is 23.0 Å². The lowest BCUT2D eigenvalue weighted by Crippen LogP contribution is -2.42. The van der Waals surface area contributed by atoms with Crippen LogP contribution in [0.25, 0.3) is 0 Å². The number of benzene rings is 1. The number of nitrogens with zero attached hydrogens (tertiary/aromatic N) is 3. The molecule has 0 aromatic heterocycles. The first-order valence-electron chi connectivity index (χ1n) is 7.43. The Labute approximate surface area is 144 Å². The molecule has 1 aliphatic rings. The highest BCUT2D eigenvalue weighted by molar-refractivity contribution is 5.99. The lowest BCUT2D eigenvalue weighted by atomic mass is 9.95. The van der Waals surface area contributed by atoms with Gasteiger partial charge in [0.15, 0.2) is 0 Å². The first-order valence-corrected chi connectivity index (χ1v) is 7.43. The molecule has 12 heteroatoms. The van der Waals surface area contributed by atoms with Crippen molar-refractivity contribution < 1.29 is 32.5 Å². The Balaban J connectivity index is 2.63. The molecule has 9 nitrogen and oxygen atoms in total. The lowest BCUT2D eigenvalue weighted by molar-refractivity contribution is -0.393. The molecule has 1 aromatic rings. The van der Waals surface area contributed by atoms with Gasteiger partial charge in [0.1, 0.15) is 5.69 Å². The number of ether oxygens (including phenoxy) is 1. The van der Waals surface area contributed by atoms with Gasteiger partial charge in [-0.05, 0) is 12.8 Å². The number of anilines is 1. The van der Waals surface area contributed by atoms with Crippen molar-refractivity contribution in [1.82, 2.24) is 0 Å². The molecule has 1 aliphatic heterocycles. The molecule has 1 fully saturated rings. The van der Waals surface area contributed by atoms with Gasteiger partial charge in [0.2, 0.25) is 0 Å². The van der Waals surface area contributed by atoms with Gasteiger partial charge in [-0.15, -0.1) is 0 Å². The number of carbonyl (C=O) groups is 1. The summed E-state index contributed by atoms with van der Waals surface area (Å²) >= 11 is 0. The fraction of sp³-hybridized carbons (Fsp3) is 0.500. The minimum atomic E-state index is -4.50. The van der Waals surface area contributed by atoms with Gasteiger partial charge in [-0.25, -0.2) is 4.79 Å². The number of esters is 1. The zero-order valence-corrected chi connectivity index (χ0v) is 13.5. The monoisotopic (exact) mass is 377 g/mol. The Morgan fingerprint density at radius 2 is 1.92 bits per heavy atom. The van der Waals surface area contributed by atoms with Crippen LogP contribution in [-0.4, -0.2) is 42.2 Å². The van der Waals surface area contributed by atoms with Crippen LogP contribution in [0, 0.1) is 26.1 Å². The lowest BCUT2D eigenvalue weighted by Gasteiger charge is -2.35. The van der Waals surface area contributed by atoms with Gasteiger partial charge in [0.05, 0.1) is 34.5 Å². The smallest absolute Gasteiger partial charge is 0.393 e. The van der Waals surface area contributed by atoms with Crippen LogP contribution in [0.5, 0.6) is 0 Å². The molecule has 0 aliphatic carbocycles. The molecular formula is C14H14F3N3O6. The molecule has 0 radical (unpaired) electrons. The highest BCUT2D eigenvalue weighted by Gasteiger charge is 2.43. The van der Waals surface area contributed by atoms with Crippen molar-refractivity contribution in [1.29, 1.82) is 0 Å². The van der Waals surface area contributed by atoms with Crippen molar-refractivity contribution in [3.8, 4) is 0 Å². The molecular weight excluding hydrogens is 363 g/mol. The van der Waals surface area contributed by atoms with E-state index in [9.17, 15) is 38.2 Å². The number of hydrogen-bond donors (Lipinski definition) is 0. The minimum Gasteiger partial charge on any atom is -0.465 e. The molecule has 26 heavy (non-hydrogen) atoms. The Kier molecular flexibility index (Phi) is 5.33. The van der Waals surface area contributed by atoms with E-state index in [-0.39, 0.29) is 19.4 Å². The number of nitro groups is 2. The molecule has 1 saturated heterocycles. The van der Waals surface area contributed by atoms with Crippen LogP contribution in [0.15, 0.2) is 12.1 Å². The molecule has 0 amide bonds. The molecule has 2 rings (SSSR count). The summed E-state index contributed by atoms with van der Waals surface area (Å²) in [6.45, 7) is -0.554. The summed E-state index contributed by atoms with van der Waals surface area (Å²) in [7, 11) is 0.964. The summed E-state index contributed by atoms with van der Waals surface area (Å²) in [6.07, 6.45) is -4.55. The summed E-state index contributed by atoms with van der Waals surface area (Å²) in [6, 6.07) is 1.39. The summed E-state index contributed by atoms with van der Waals surface area (Å²) < 4.78 is 43.6. The number of halogens is 3. The third-order valence-corrected chi connectivity index (χ3v) is 4.09. The number of piperidine rings is 1. The second-order valence-corrected chi connectivity index (χ2v) is 5.69. The van der Waals surface area contributed by atoms with E-state index in [0.717, 1.165) is 18.1 Å². The average Bonchev–Trinajstić information content (AvgIpc) is 2.59. The van der Waals surface area contributed by atoms with Crippen molar-refractivity contribution in [2.24, 2.45) is 5.92 Å².